The van der Waals surface area contributed by atoms with Crippen molar-refractivity contribution >= 4 is 49.8 Å². The third-order valence-corrected chi connectivity index (χ3v) is 4.89. The zero-order valence-corrected chi connectivity index (χ0v) is 19.0. The van der Waals surface area contributed by atoms with Crippen LogP contribution < -0.4 is 15.4 Å². The fraction of sp³-hybridized carbons (Fsp3) is 0.174. The van der Waals surface area contributed by atoms with Crippen molar-refractivity contribution in [2.75, 3.05) is 38.4 Å². The Balaban J connectivity index is 2.05. The van der Waals surface area contributed by atoms with E-state index in [2.05, 4.69) is 37.6 Å². The summed E-state index contributed by atoms with van der Waals surface area (Å²) in [6.45, 7) is 0.651. The SMILES string of the molecule is COc1cc2ncc(C#N)c(Nc3cccc(Br)c3)c2cc1NC(=O)/C=C/CN(C)C. The number of methoxy groups -OCH3 is 1. The van der Waals surface area contributed by atoms with Gasteiger partial charge in [-0.15, -0.1) is 0 Å². The molecule has 0 aliphatic heterocycles. The van der Waals surface area contributed by atoms with Crippen LogP contribution in [0.2, 0.25) is 0 Å². The van der Waals surface area contributed by atoms with Crippen molar-refractivity contribution < 1.29 is 9.53 Å². The molecule has 0 fully saturated rings. The molecule has 2 aromatic carbocycles. The summed E-state index contributed by atoms with van der Waals surface area (Å²) in [5, 5.41) is 16.5. The van der Waals surface area contributed by atoms with E-state index in [1.807, 2.05) is 43.3 Å². The molecule has 0 aliphatic rings. The maximum absolute atomic E-state index is 12.4. The molecule has 2 N–H and O–H groups in total. The highest BCUT2D eigenvalue weighted by Crippen LogP contribution is 2.36. The molecule has 0 unspecified atom stereocenters. The average Bonchev–Trinajstić information content (AvgIpc) is 2.73. The lowest BCUT2D eigenvalue weighted by Gasteiger charge is -2.15. The Morgan fingerprint density at radius 3 is 2.81 bits per heavy atom. The molecule has 0 saturated carbocycles. The van der Waals surface area contributed by atoms with Crippen molar-refractivity contribution in [3.63, 3.8) is 0 Å². The number of hydrogen-bond acceptors (Lipinski definition) is 6. The Morgan fingerprint density at radius 1 is 1.32 bits per heavy atom. The topological polar surface area (TPSA) is 90.3 Å². The van der Waals surface area contributed by atoms with Crippen molar-refractivity contribution in [3.8, 4) is 11.8 Å². The van der Waals surface area contributed by atoms with E-state index < -0.39 is 0 Å². The number of rotatable bonds is 7. The van der Waals surface area contributed by atoms with Gasteiger partial charge in [-0.05, 0) is 38.4 Å². The van der Waals surface area contributed by atoms with E-state index in [1.165, 1.54) is 19.4 Å². The quantitative estimate of drug-likeness (QED) is 0.478. The van der Waals surface area contributed by atoms with Crippen LogP contribution in [0.5, 0.6) is 5.75 Å². The van der Waals surface area contributed by atoms with E-state index in [4.69, 9.17) is 4.74 Å². The maximum atomic E-state index is 12.4. The molecule has 158 valence electrons. The molecule has 1 heterocycles. The first-order chi connectivity index (χ1) is 14.9. The number of aromatic nitrogens is 1. The second kappa shape index (κ2) is 10.1. The van der Waals surface area contributed by atoms with E-state index in [0.717, 1.165) is 10.2 Å². The van der Waals surface area contributed by atoms with Gasteiger partial charge in [0.2, 0.25) is 5.91 Å². The van der Waals surface area contributed by atoms with Crippen LogP contribution in [0.4, 0.5) is 17.1 Å². The summed E-state index contributed by atoms with van der Waals surface area (Å²) < 4.78 is 6.36. The number of hydrogen-bond donors (Lipinski definition) is 2. The second-order valence-corrected chi connectivity index (χ2v) is 7.93. The number of likely N-dealkylation sites (N-methyl/N-ethyl adjacent to an activating group) is 1. The summed E-state index contributed by atoms with van der Waals surface area (Å²) in [7, 11) is 5.38. The summed E-state index contributed by atoms with van der Waals surface area (Å²) in [5.41, 5.74) is 2.93. The fourth-order valence-electron chi connectivity index (χ4n) is 2.96. The van der Waals surface area contributed by atoms with Crippen molar-refractivity contribution in [2.45, 2.75) is 0 Å². The normalized spacial score (nSPS) is 11.0. The van der Waals surface area contributed by atoms with Crippen LogP contribution >= 0.6 is 15.9 Å². The molecule has 1 aromatic heterocycles. The lowest BCUT2D eigenvalue weighted by molar-refractivity contribution is -0.111. The number of carbonyl (C=O) groups excluding carboxylic acids is 1. The Bertz CT molecular complexity index is 1180. The summed E-state index contributed by atoms with van der Waals surface area (Å²) in [4.78, 5) is 18.7. The van der Waals surface area contributed by atoms with Crippen LogP contribution in [-0.4, -0.2) is 43.5 Å². The number of halogens is 1. The number of nitrogens with one attached hydrogen (secondary N) is 2. The predicted molar refractivity (Wildman–Crippen MR) is 127 cm³/mol. The third kappa shape index (κ3) is 5.60. The van der Waals surface area contributed by atoms with Gasteiger partial charge in [0, 0.05) is 40.4 Å². The monoisotopic (exact) mass is 479 g/mol. The highest BCUT2D eigenvalue weighted by molar-refractivity contribution is 9.10. The smallest absolute Gasteiger partial charge is 0.248 e. The van der Waals surface area contributed by atoms with E-state index in [9.17, 15) is 10.1 Å². The van der Waals surface area contributed by atoms with Gasteiger partial charge >= 0.3 is 0 Å². The van der Waals surface area contributed by atoms with Gasteiger partial charge in [0.05, 0.1) is 29.6 Å². The minimum absolute atomic E-state index is 0.273. The van der Waals surface area contributed by atoms with E-state index >= 15 is 0 Å². The van der Waals surface area contributed by atoms with E-state index in [0.29, 0.717) is 40.1 Å². The minimum Gasteiger partial charge on any atom is -0.494 e. The first-order valence-corrected chi connectivity index (χ1v) is 10.3. The number of benzene rings is 2. The fourth-order valence-corrected chi connectivity index (χ4v) is 3.36. The molecule has 1 amide bonds. The molecule has 0 bridgehead atoms. The lowest BCUT2D eigenvalue weighted by atomic mass is 10.1. The summed E-state index contributed by atoms with van der Waals surface area (Å²) in [5.74, 6) is 0.206. The minimum atomic E-state index is -0.273. The van der Waals surface area contributed by atoms with Crippen molar-refractivity contribution in [2.24, 2.45) is 0 Å². The number of nitrogens with zero attached hydrogens (tertiary/aromatic N) is 3. The van der Waals surface area contributed by atoms with Crippen LogP contribution in [0, 0.1) is 11.3 Å². The van der Waals surface area contributed by atoms with Gasteiger partial charge in [0.1, 0.15) is 11.8 Å². The highest BCUT2D eigenvalue weighted by atomic mass is 79.9. The van der Waals surface area contributed by atoms with Crippen LogP contribution in [0.3, 0.4) is 0 Å². The molecule has 31 heavy (non-hydrogen) atoms. The molecule has 0 spiro atoms. The number of carbonyl (C=O) groups is 1. The average molecular weight is 480 g/mol. The third-order valence-electron chi connectivity index (χ3n) is 4.40. The van der Waals surface area contributed by atoms with Crippen LogP contribution in [-0.2, 0) is 4.79 Å². The molecule has 0 radical (unpaired) electrons. The van der Waals surface area contributed by atoms with Crippen molar-refractivity contribution in [3.05, 3.63) is 64.8 Å². The van der Waals surface area contributed by atoms with Gasteiger partial charge in [-0.25, -0.2) is 0 Å². The zero-order valence-electron chi connectivity index (χ0n) is 17.4. The van der Waals surface area contributed by atoms with E-state index in [-0.39, 0.29) is 5.91 Å². The van der Waals surface area contributed by atoms with Gasteiger partial charge in [-0.2, -0.15) is 5.26 Å². The van der Waals surface area contributed by atoms with Gasteiger partial charge in [0.25, 0.3) is 0 Å². The lowest BCUT2D eigenvalue weighted by Crippen LogP contribution is -2.13. The van der Waals surface area contributed by atoms with Gasteiger partial charge in [-0.1, -0.05) is 28.1 Å². The first-order valence-electron chi connectivity index (χ1n) is 9.47. The number of pyridine rings is 1. The Morgan fingerprint density at radius 2 is 2.13 bits per heavy atom. The summed E-state index contributed by atoms with van der Waals surface area (Å²) in [6, 6.07) is 13.3. The Labute approximate surface area is 189 Å². The second-order valence-electron chi connectivity index (χ2n) is 7.02. The molecule has 3 aromatic rings. The van der Waals surface area contributed by atoms with Gasteiger partial charge in [-0.3, -0.25) is 9.78 Å². The first kappa shape index (κ1) is 22.3. The Kier molecular flexibility index (Phi) is 7.23. The van der Waals surface area contributed by atoms with Crippen molar-refractivity contribution in [1.29, 1.82) is 5.26 Å². The van der Waals surface area contributed by atoms with Crippen molar-refractivity contribution in [1.82, 2.24) is 9.88 Å². The molecule has 0 aliphatic carbocycles. The van der Waals surface area contributed by atoms with Crippen LogP contribution in [0.1, 0.15) is 5.56 Å². The van der Waals surface area contributed by atoms with Crippen LogP contribution in [0.25, 0.3) is 10.9 Å². The summed E-state index contributed by atoms with van der Waals surface area (Å²) >= 11 is 3.46. The molecular formula is C23H22BrN5O2. The summed E-state index contributed by atoms with van der Waals surface area (Å²) in [6.07, 6.45) is 4.77. The van der Waals surface area contributed by atoms with Gasteiger partial charge < -0.3 is 20.3 Å². The number of ether oxygens (including phenoxy) is 1. The number of anilines is 3. The maximum Gasteiger partial charge on any atom is 0.248 e. The molecule has 8 heteroatoms. The number of nitriles is 1. The van der Waals surface area contributed by atoms with E-state index in [1.54, 1.807) is 18.2 Å². The standard InChI is InChI=1S/C23H22BrN5O2/c1-29(2)9-5-8-22(30)28-20-11-18-19(12-21(20)31-3)26-14-15(13-25)23(18)27-17-7-4-6-16(24)10-17/h4-8,10-12,14H,9H2,1-3H3,(H,26,27)(H,28,30)/b8-5+. The van der Waals surface area contributed by atoms with Crippen LogP contribution in [0.15, 0.2) is 59.2 Å². The molecule has 3 rings (SSSR count). The molecule has 0 atom stereocenters. The largest absolute Gasteiger partial charge is 0.494 e. The predicted octanol–water partition coefficient (Wildman–Crippen LogP) is 4.68. The van der Waals surface area contributed by atoms with Gasteiger partial charge in [0.15, 0.2) is 0 Å². The molecule has 7 nitrogen and oxygen atoms in total. The Hall–Kier alpha value is -3.41. The molecular weight excluding hydrogens is 458 g/mol. The zero-order chi connectivity index (χ0) is 22.4. The number of amides is 1. The molecule has 0 saturated heterocycles. The number of fused-ring (bicyclic) bond motifs is 1. The highest BCUT2D eigenvalue weighted by Gasteiger charge is 2.15.